The van der Waals surface area contributed by atoms with E-state index in [4.69, 9.17) is 10.00 Å². The number of hydrogen-bond acceptors (Lipinski definition) is 3. The van der Waals surface area contributed by atoms with Gasteiger partial charge in [0.25, 0.3) is 0 Å². The molecule has 0 aliphatic heterocycles. The molecule has 0 rings (SSSR count). The lowest BCUT2D eigenvalue weighted by Crippen LogP contribution is -2.38. The van der Waals surface area contributed by atoms with Crippen molar-refractivity contribution < 1.29 is 4.74 Å². The maximum atomic E-state index is 9.01. The highest BCUT2D eigenvalue weighted by Gasteiger charge is 2.19. The monoisotopic (exact) mass is 254 g/mol. The third-order valence-corrected chi connectivity index (χ3v) is 3.66. The minimum Gasteiger partial charge on any atom is -0.381 e. The Balaban J connectivity index is 3.63. The highest BCUT2D eigenvalue weighted by atomic mass is 16.5. The summed E-state index contributed by atoms with van der Waals surface area (Å²) >= 11 is 0. The first kappa shape index (κ1) is 17.4. The smallest absolute Gasteiger partial charge is 0.103 e. The normalized spacial score (nSPS) is 15.9. The summed E-state index contributed by atoms with van der Waals surface area (Å²) in [6.07, 6.45) is 6.82. The van der Waals surface area contributed by atoms with Crippen molar-refractivity contribution in [1.82, 2.24) is 5.32 Å². The second-order valence-electron chi connectivity index (χ2n) is 5.29. The first-order chi connectivity index (χ1) is 8.61. The van der Waals surface area contributed by atoms with Crippen LogP contribution in [0.1, 0.15) is 59.3 Å². The first-order valence-electron chi connectivity index (χ1n) is 7.29. The highest BCUT2D eigenvalue weighted by Crippen LogP contribution is 2.14. The van der Waals surface area contributed by atoms with Crippen LogP contribution < -0.4 is 5.32 Å². The fourth-order valence-electron chi connectivity index (χ4n) is 1.91. The van der Waals surface area contributed by atoms with Gasteiger partial charge in [0.2, 0.25) is 0 Å². The molecule has 0 aliphatic rings. The van der Waals surface area contributed by atoms with Crippen LogP contribution in [0.4, 0.5) is 0 Å². The van der Waals surface area contributed by atoms with Crippen LogP contribution in [0, 0.1) is 17.2 Å². The summed E-state index contributed by atoms with van der Waals surface area (Å²) in [5, 5.41) is 12.1. The largest absolute Gasteiger partial charge is 0.381 e. The Morgan fingerprint density at radius 2 is 2.06 bits per heavy atom. The molecule has 0 aromatic carbocycles. The van der Waals surface area contributed by atoms with Crippen molar-refractivity contribution in [2.75, 3.05) is 20.3 Å². The van der Waals surface area contributed by atoms with Gasteiger partial charge in [0.05, 0.1) is 6.07 Å². The molecule has 0 heterocycles. The molecule has 0 aliphatic carbocycles. The summed E-state index contributed by atoms with van der Waals surface area (Å²) in [6, 6.07) is 2.30. The van der Waals surface area contributed by atoms with Crippen LogP contribution in [-0.4, -0.2) is 25.8 Å². The van der Waals surface area contributed by atoms with E-state index in [0.29, 0.717) is 5.92 Å². The maximum absolute atomic E-state index is 9.01. The van der Waals surface area contributed by atoms with E-state index in [0.717, 1.165) is 26.1 Å². The van der Waals surface area contributed by atoms with Crippen LogP contribution in [0.2, 0.25) is 0 Å². The predicted octanol–water partition coefficient (Wildman–Crippen LogP) is 3.50. The fourth-order valence-corrected chi connectivity index (χ4v) is 1.91. The Hall–Kier alpha value is -0.590. The Morgan fingerprint density at radius 1 is 1.33 bits per heavy atom. The number of nitrogens with one attached hydrogen (secondary N) is 1. The molecule has 0 radical (unpaired) electrons. The fraction of sp³-hybridized carbons (Fsp3) is 0.933. The van der Waals surface area contributed by atoms with Crippen LogP contribution in [0.5, 0.6) is 0 Å². The lowest BCUT2D eigenvalue weighted by molar-refractivity contribution is 0.0885. The second-order valence-corrected chi connectivity index (χ2v) is 5.29. The van der Waals surface area contributed by atoms with Crippen molar-refractivity contribution in [3.05, 3.63) is 0 Å². The molecule has 0 aromatic rings. The molecule has 2 unspecified atom stereocenters. The van der Waals surface area contributed by atoms with Gasteiger partial charge >= 0.3 is 0 Å². The summed E-state index contributed by atoms with van der Waals surface area (Å²) in [5.41, 5.74) is -0.407. The van der Waals surface area contributed by atoms with Crippen LogP contribution in [0.15, 0.2) is 0 Å². The number of rotatable bonds is 11. The zero-order chi connectivity index (χ0) is 13.9. The van der Waals surface area contributed by atoms with E-state index in [1.54, 1.807) is 0 Å². The Labute approximate surface area is 113 Å². The third kappa shape index (κ3) is 7.68. The first-order valence-corrected chi connectivity index (χ1v) is 7.29. The summed E-state index contributed by atoms with van der Waals surface area (Å²) in [7, 11) is 1.84. The Bertz CT molecular complexity index is 237. The molecule has 0 bridgehead atoms. The number of hydrogen-bond donors (Lipinski definition) is 1. The minimum absolute atomic E-state index is 0.407. The standard InChI is InChI=1S/C15H30N2O/c1-5-7-9-14(6-2)12-18-11-8-10-15(3,13-16)17-4/h14,17H,5-12H2,1-4H3. The van der Waals surface area contributed by atoms with Gasteiger partial charge in [-0.25, -0.2) is 0 Å². The van der Waals surface area contributed by atoms with E-state index in [9.17, 15) is 0 Å². The van der Waals surface area contributed by atoms with Gasteiger partial charge in [-0.15, -0.1) is 0 Å². The summed E-state index contributed by atoms with van der Waals surface area (Å²) in [6.45, 7) is 8.04. The highest BCUT2D eigenvalue weighted by molar-refractivity contribution is 5.02. The Kier molecular flexibility index (Phi) is 10.0. The van der Waals surface area contributed by atoms with Crippen LogP contribution >= 0.6 is 0 Å². The number of ether oxygens (including phenoxy) is 1. The zero-order valence-electron chi connectivity index (χ0n) is 12.6. The molecule has 18 heavy (non-hydrogen) atoms. The maximum Gasteiger partial charge on any atom is 0.103 e. The molecule has 0 saturated heterocycles. The molecule has 2 atom stereocenters. The molecule has 106 valence electrons. The quantitative estimate of drug-likeness (QED) is 0.574. The van der Waals surface area contributed by atoms with E-state index >= 15 is 0 Å². The van der Waals surface area contributed by atoms with Crippen LogP contribution in [0.25, 0.3) is 0 Å². The summed E-state index contributed by atoms with van der Waals surface area (Å²) in [4.78, 5) is 0. The average Bonchev–Trinajstić information content (AvgIpc) is 2.41. The van der Waals surface area contributed by atoms with Crippen LogP contribution in [0.3, 0.4) is 0 Å². The number of unbranched alkanes of at least 4 members (excludes halogenated alkanes) is 1. The predicted molar refractivity (Wildman–Crippen MR) is 76.4 cm³/mol. The molecular weight excluding hydrogens is 224 g/mol. The molecule has 0 aromatic heterocycles. The van der Waals surface area contributed by atoms with Crippen LogP contribution in [-0.2, 0) is 4.74 Å². The van der Waals surface area contributed by atoms with Crippen molar-refractivity contribution in [3.63, 3.8) is 0 Å². The lowest BCUT2D eigenvalue weighted by atomic mass is 9.98. The van der Waals surface area contributed by atoms with Crippen molar-refractivity contribution >= 4 is 0 Å². The topological polar surface area (TPSA) is 45.0 Å². The van der Waals surface area contributed by atoms with E-state index in [1.165, 1.54) is 25.7 Å². The summed E-state index contributed by atoms with van der Waals surface area (Å²) < 4.78 is 5.73. The van der Waals surface area contributed by atoms with Gasteiger partial charge in [-0.2, -0.15) is 5.26 Å². The number of nitriles is 1. The molecular formula is C15H30N2O. The third-order valence-electron chi connectivity index (χ3n) is 3.66. The van der Waals surface area contributed by atoms with Crippen molar-refractivity contribution in [2.24, 2.45) is 5.92 Å². The van der Waals surface area contributed by atoms with Gasteiger partial charge in [-0.3, -0.25) is 0 Å². The molecule has 3 heteroatoms. The van der Waals surface area contributed by atoms with E-state index in [-0.39, 0.29) is 0 Å². The molecule has 0 fully saturated rings. The zero-order valence-corrected chi connectivity index (χ0v) is 12.6. The van der Waals surface area contributed by atoms with Gasteiger partial charge in [-0.1, -0.05) is 33.1 Å². The molecule has 0 saturated carbocycles. The Morgan fingerprint density at radius 3 is 2.56 bits per heavy atom. The number of nitrogens with zero attached hydrogens (tertiary/aromatic N) is 1. The van der Waals surface area contributed by atoms with Gasteiger partial charge in [-0.05, 0) is 39.2 Å². The molecule has 3 nitrogen and oxygen atoms in total. The van der Waals surface area contributed by atoms with Crippen molar-refractivity contribution in [1.29, 1.82) is 5.26 Å². The minimum atomic E-state index is -0.407. The van der Waals surface area contributed by atoms with Gasteiger partial charge in [0.15, 0.2) is 0 Å². The average molecular weight is 254 g/mol. The second kappa shape index (κ2) is 10.3. The van der Waals surface area contributed by atoms with Gasteiger partial charge in [0, 0.05) is 13.2 Å². The van der Waals surface area contributed by atoms with Crippen molar-refractivity contribution in [2.45, 2.75) is 64.8 Å². The van der Waals surface area contributed by atoms with E-state index in [1.807, 2.05) is 14.0 Å². The van der Waals surface area contributed by atoms with Crippen molar-refractivity contribution in [3.8, 4) is 6.07 Å². The van der Waals surface area contributed by atoms with Gasteiger partial charge < -0.3 is 10.1 Å². The lowest BCUT2D eigenvalue weighted by Gasteiger charge is -2.20. The molecule has 0 amide bonds. The summed E-state index contributed by atoms with van der Waals surface area (Å²) in [5.74, 6) is 0.705. The van der Waals surface area contributed by atoms with Gasteiger partial charge in [0.1, 0.15) is 5.54 Å². The SMILES string of the molecule is CCCCC(CC)COCCCC(C)(C#N)NC. The van der Waals surface area contributed by atoms with E-state index < -0.39 is 5.54 Å². The molecule has 0 spiro atoms. The molecule has 1 N–H and O–H groups in total. The van der Waals surface area contributed by atoms with E-state index in [2.05, 4.69) is 25.2 Å².